The molecule has 0 bridgehead atoms. The average Bonchev–Trinajstić information content (AvgIpc) is 2.69. The Morgan fingerprint density at radius 1 is 1.40 bits per heavy atom. The van der Waals surface area contributed by atoms with Gasteiger partial charge >= 0.3 is 0 Å². The normalized spacial score (nSPS) is 10.6. The lowest BCUT2D eigenvalue weighted by molar-refractivity contribution is -0.384. The van der Waals surface area contributed by atoms with Crippen molar-refractivity contribution in [2.75, 3.05) is 5.32 Å². The van der Waals surface area contributed by atoms with Gasteiger partial charge in [0.1, 0.15) is 11.5 Å². The van der Waals surface area contributed by atoms with E-state index in [0.717, 1.165) is 4.88 Å². The van der Waals surface area contributed by atoms with Gasteiger partial charge in [0.05, 0.1) is 8.49 Å². The molecule has 0 aliphatic rings. The summed E-state index contributed by atoms with van der Waals surface area (Å²) in [5, 5.41) is 13.9. The molecule has 1 heterocycles. The Bertz CT molecular complexity index is 653. The van der Waals surface area contributed by atoms with Gasteiger partial charge in [-0.05, 0) is 48.1 Å². The van der Waals surface area contributed by atoms with Gasteiger partial charge in [-0.15, -0.1) is 11.3 Å². The van der Waals surface area contributed by atoms with Gasteiger partial charge in [-0.3, -0.25) is 10.1 Å². The molecular weight excluding hydrogens is 394 g/mol. The molecule has 0 atom stereocenters. The maximum atomic E-state index is 13.5. The van der Waals surface area contributed by atoms with E-state index in [4.69, 9.17) is 0 Å². The molecule has 2 rings (SSSR count). The highest BCUT2D eigenvalue weighted by atomic mass is 127. The first kappa shape index (κ1) is 15.2. The minimum Gasteiger partial charge on any atom is -0.375 e. The SMILES string of the molecule is Cc1cc(CNc2cc(F)c(I)cc2[N+](=O)[O-])sc1C. The molecule has 1 aromatic heterocycles. The highest BCUT2D eigenvalue weighted by Gasteiger charge is 2.17. The Hall–Kier alpha value is -1.22. The van der Waals surface area contributed by atoms with Gasteiger partial charge in [0, 0.05) is 28.4 Å². The summed E-state index contributed by atoms with van der Waals surface area (Å²) in [7, 11) is 0. The Kier molecular flexibility index (Phi) is 4.59. The number of halogens is 2. The summed E-state index contributed by atoms with van der Waals surface area (Å²) in [5.74, 6) is -0.461. The van der Waals surface area contributed by atoms with Gasteiger partial charge in [0.25, 0.3) is 5.69 Å². The molecule has 0 aliphatic carbocycles. The fourth-order valence-corrected chi connectivity index (χ4v) is 3.19. The molecule has 0 spiro atoms. The van der Waals surface area contributed by atoms with Crippen LogP contribution in [-0.4, -0.2) is 4.92 Å². The summed E-state index contributed by atoms with van der Waals surface area (Å²) in [5.41, 5.74) is 1.28. The molecule has 7 heteroatoms. The molecule has 1 N–H and O–H groups in total. The predicted octanol–water partition coefficient (Wildman–Crippen LogP) is 4.63. The number of hydrogen-bond acceptors (Lipinski definition) is 4. The van der Waals surface area contributed by atoms with Crippen molar-refractivity contribution in [3.05, 3.63) is 53.0 Å². The maximum Gasteiger partial charge on any atom is 0.293 e. The van der Waals surface area contributed by atoms with Crippen LogP contribution in [0.4, 0.5) is 15.8 Å². The Balaban J connectivity index is 2.24. The van der Waals surface area contributed by atoms with Crippen molar-refractivity contribution in [2.24, 2.45) is 0 Å². The zero-order valence-electron chi connectivity index (χ0n) is 10.9. The van der Waals surface area contributed by atoms with Gasteiger partial charge in [0.15, 0.2) is 0 Å². The second-order valence-corrected chi connectivity index (χ2v) is 6.85. The summed E-state index contributed by atoms with van der Waals surface area (Å²) in [4.78, 5) is 12.8. The zero-order valence-corrected chi connectivity index (χ0v) is 13.8. The predicted molar refractivity (Wildman–Crippen MR) is 86.9 cm³/mol. The molecule has 0 saturated heterocycles. The van der Waals surface area contributed by atoms with Crippen LogP contribution in [0.25, 0.3) is 0 Å². The molecule has 106 valence electrons. The molecule has 0 fully saturated rings. The van der Waals surface area contributed by atoms with Gasteiger partial charge in [-0.25, -0.2) is 4.39 Å². The van der Waals surface area contributed by atoms with Crippen LogP contribution in [0, 0.1) is 33.3 Å². The lowest BCUT2D eigenvalue weighted by atomic mass is 10.2. The third kappa shape index (κ3) is 3.26. The van der Waals surface area contributed by atoms with Crippen LogP contribution < -0.4 is 5.32 Å². The molecule has 1 aromatic carbocycles. The second kappa shape index (κ2) is 6.04. The quantitative estimate of drug-likeness (QED) is 0.458. The monoisotopic (exact) mass is 406 g/mol. The minimum atomic E-state index is -0.505. The number of hydrogen-bond donors (Lipinski definition) is 1. The number of aryl methyl sites for hydroxylation is 2. The summed E-state index contributed by atoms with van der Waals surface area (Å²) >= 11 is 3.37. The van der Waals surface area contributed by atoms with Crippen molar-refractivity contribution in [1.29, 1.82) is 0 Å². The smallest absolute Gasteiger partial charge is 0.293 e. The highest BCUT2D eigenvalue weighted by molar-refractivity contribution is 14.1. The van der Waals surface area contributed by atoms with Crippen LogP contribution in [0.15, 0.2) is 18.2 Å². The first-order valence-corrected chi connectivity index (χ1v) is 7.71. The summed E-state index contributed by atoms with van der Waals surface area (Å²) in [6, 6.07) is 4.44. The molecule has 0 aliphatic heterocycles. The van der Waals surface area contributed by atoms with Crippen molar-refractivity contribution in [1.82, 2.24) is 0 Å². The standard InChI is InChI=1S/C13H12FIN2O2S/c1-7-3-9(20-8(7)2)6-16-12-4-10(14)11(15)5-13(12)17(18)19/h3-5,16H,6H2,1-2H3. The highest BCUT2D eigenvalue weighted by Crippen LogP contribution is 2.30. The van der Waals surface area contributed by atoms with Gasteiger partial charge in [0.2, 0.25) is 0 Å². The van der Waals surface area contributed by atoms with E-state index in [1.54, 1.807) is 33.9 Å². The van der Waals surface area contributed by atoms with E-state index in [1.807, 2.05) is 19.9 Å². The van der Waals surface area contributed by atoms with Crippen LogP contribution in [0.1, 0.15) is 15.3 Å². The lowest BCUT2D eigenvalue weighted by Gasteiger charge is -2.07. The number of nitrogens with zero attached hydrogens (tertiary/aromatic N) is 1. The van der Waals surface area contributed by atoms with Crippen molar-refractivity contribution in [2.45, 2.75) is 20.4 Å². The van der Waals surface area contributed by atoms with Gasteiger partial charge < -0.3 is 5.32 Å². The van der Waals surface area contributed by atoms with E-state index in [-0.39, 0.29) is 14.9 Å². The Morgan fingerprint density at radius 2 is 2.10 bits per heavy atom. The van der Waals surface area contributed by atoms with Crippen LogP contribution in [-0.2, 0) is 6.54 Å². The van der Waals surface area contributed by atoms with Crippen molar-refractivity contribution in [3.8, 4) is 0 Å². The van der Waals surface area contributed by atoms with E-state index in [0.29, 0.717) is 6.54 Å². The topological polar surface area (TPSA) is 55.2 Å². The Morgan fingerprint density at radius 3 is 2.65 bits per heavy atom. The van der Waals surface area contributed by atoms with Crippen molar-refractivity contribution >= 4 is 45.3 Å². The molecule has 0 unspecified atom stereocenters. The van der Waals surface area contributed by atoms with Crippen molar-refractivity contribution in [3.63, 3.8) is 0 Å². The number of nitro groups is 1. The molecule has 0 amide bonds. The number of thiophene rings is 1. The minimum absolute atomic E-state index is 0.110. The second-order valence-electron chi connectivity index (χ2n) is 4.35. The average molecular weight is 406 g/mol. The Labute approximate surface area is 133 Å². The maximum absolute atomic E-state index is 13.5. The largest absolute Gasteiger partial charge is 0.375 e. The summed E-state index contributed by atoms with van der Waals surface area (Å²) in [6.45, 7) is 4.49. The zero-order chi connectivity index (χ0) is 14.9. The first-order chi connectivity index (χ1) is 9.38. The molecule has 4 nitrogen and oxygen atoms in total. The fourth-order valence-electron chi connectivity index (χ4n) is 1.75. The third-order valence-corrected chi connectivity index (χ3v) is 4.88. The molecule has 0 saturated carbocycles. The number of rotatable bonds is 4. The summed E-state index contributed by atoms with van der Waals surface area (Å²) < 4.78 is 13.8. The van der Waals surface area contributed by atoms with Crippen LogP contribution in [0.2, 0.25) is 0 Å². The third-order valence-electron chi connectivity index (χ3n) is 2.91. The number of nitro benzene ring substituents is 1. The van der Waals surface area contributed by atoms with E-state index in [9.17, 15) is 14.5 Å². The number of anilines is 1. The fraction of sp³-hybridized carbons (Fsp3) is 0.231. The van der Waals surface area contributed by atoms with Crippen LogP contribution in [0.3, 0.4) is 0 Å². The van der Waals surface area contributed by atoms with E-state index < -0.39 is 10.7 Å². The van der Waals surface area contributed by atoms with E-state index >= 15 is 0 Å². The summed E-state index contributed by atoms with van der Waals surface area (Å²) in [6.07, 6.45) is 0. The van der Waals surface area contributed by atoms with Crippen LogP contribution in [0.5, 0.6) is 0 Å². The lowest BCUT2D eigenvalue weighted by Crippen LogP contribution is -2.03. The molecule has 20 heavy (non-hydrogen) atoms. The van der Waals surface area contributed by atoms with Gasteiger partial charge in [-0.1, -0.05) is 0 Å². The molecular formula is C13H12FIN2O2S. The van der Waals surface area contributed by atoms with Gasteiger partial charge in [-0.2, -0.15) is 0 Å². The van der Waals surface area contributed by atoms with E-state index in [1.165, 1.54) is 22.6 Å². The number of benzene rings is 1. The van der Waals surface area contributed by atoms with Crippen molar-refractivity contribution < 1.29 is 9.31 Å². The van der Waals surface area contributed by atoms with E-state index in [2.05, 4.69) is 5.32 Å². The molecule has 2 aromatic rings. The number of nitrogens with one attached hydrogen (secondary N) is 1. The first-order valence-electron chi connectivity index (χ1n) is 5.81. The molecule has 0 radical (unpaired) electrons. The van der Waals surface area contributed by atoms with Crippen LogP contribution >= 0.6 is 33.9 Å².